The Labute approximate surface area is 172 Å². The minimum atomic E-state index is -4.48. The van der Waals surface area contributed by atoms with Crippen molar-refractivity contribution in [2.24, 2.45) is 0 Å². The minimum Gasteiger partial charge on any atom is -0.382 e. The normalized spacial score (nSPS) is 26.8. The van der Waals surface area contributed by atoms with Gasteiger partial charge in [0, 0.05) is 26.5 Å². The first kappa shape index (κ1) is 24.9. The number of ether oxygens (including phenoxy) is 3. The lowest BCUT2D eigenvalue weighted by atomic mass is 10.1. The fraction of sp³-hybridized carbons (Fsp3) is 0.625. The van der Waals surface area contributed by atoms with Crippen molar-refractivity contribution in [3.8, 4) is 0 Å². The third kappa shape index (κ3) is 6.83. The minimum absolute atomic E-state index is 0.0538. The maximum Gasteiger partial charge on any atom is 0.472 e. The third-order valence-corrected chi connectivity index (χ3v) is 5.93. The number of nitrogens with one attached hydrogen (secondary N) is 1. The van der Waals surface area contributed by atoms with Crippen molar-refractivity contribution in [3.63, 3.8) is 0 Å². The van der Waals surface area contributed by atoms with Gasteiger partial charge in [-0.1, -0.05) is 0 Å². The molecule has 1 aromatic rings. The van der Waals surface area contributed by atoms with E-state index in [1.165, 1.54) is 38.5 Å². The Morgan fingerprint density at radius 2 is 1.93 bits per heavy atom. The van der Waals surface area contributed by atoms with Gasteiger partial charge in [-0.25, -0.2) is 9.36 Å². The van der Waals surface area contributed by atoms with Crippen molar-refractivity contribution >= 4 is 15.0 Å². The van der Waals surface area contributed by atoms with Crippen LogP contribution in [0.1, 0.15) is 6.23 Å². The van der Waals surface area contributed by atoms with Crippen LogP contribution in [0.2, 0.25) is 0 Å². The van der Waals surface area contributed by atoms with Gasteiger partial charge < -0.3 is 23.7 Å². The van der Waals surface area contributed by atoms with Crippen LogP contribution in [0.15, 0.2) is 33.7 Å². The van der Waals surface area contributed by atoms with Crippen LogP contribution in [0.5, 0.6) is 0 Å². The molecule has 1 aromatic heterocycles. The predicted molar refractivity (Wildman–Crippen MR) is 107 cm³/mol. The van der Waals surface area contributed by atoms with E-state index in [9.17, 15) is 23.6 Å². The zero-order chi connectivity index (χ0) is 22.5. The molecule has 1 saturated heterocycles. The summed E-state index contributed by atoms with van der Waals surface area (Å²) in [6, 6.07) is 1.12. The van der Waals surface area contributed by atoms with E-state index < -0.39 is 50.8 Å². The van der Waals surface area contributed by atoms with Gasteiger partial charge in [-0.2, -0.15) is 0 Å². The highest BCUT2D eigenvalue weighted by atomic mass is 31.2. The van der Waals surface area contributed by atoms with Crippen molar-refractivity contribution in [1.29, 1.82) is 0 Å². The molecule has 1 aliphatic rings. The Bertz CT molecular complexity index is 952. The van der Waals surface area contributed by atoms with E-state index in [-0.39, 0.29) is 13.2 Å². The summed E-state index contributed by atoms with van der Waals surface area (Å²) in [5.41, 5.74) is -1.38. The molecule has 0 saturated carbocycles. The van der Waals surface area contributed by atoms with Crippen LogP contribution in [0.3, 0.4) is 0 Å². The molecule has 5 atom stereocenters. The summed E-state index contributed by atoms with van der Waals surface area (Å²) < 4.78 is 51.6. The van der Waals surface area contributed by atoms with Crippen LogP contribution in [0, 0.1) is 0 Å². The maximum absolute atomic E-state index is 12.3. The summed E-state index contributed by atoms with van der Waals surface area (Å²) in [5.74, 6) is 1.41. The molecule has 0 aromatic carbocycles. The summed E-state index contributed by atoms with van der Waals surface area (Å²) in [7, 11) is -4.63. The van der Waals surface area contributed by atoms with E-state index in [0.717, 1.165) is 17.7 Å². The number of aromatic nitrogens is 2. The molecule has 12 nitrogen and oxygen atoms in total. The highest BCUT2D eigenvalue weighted by molar-refractivity contribution is 7.65. The molecular weight excluding hydrogens is 442 g/mol. The Balaban J connectivity index is 2.49. The maximum atomic E-state index is 12.3. The molecule has 0 bridgehead atoms. The number of nitrogens with zero attached hydrogens (tertiary/aromatic N) is 1. The Morgan fingerprint density at radius 3 is 2.50 bits per heavy atom. The van der Waals surface area contributed by atoms with Crippen LogP contribution in [0.4, 0.5) is 0 Å². The standard InChI is InChI=1S/C16H26N2O10P2/c1-24-8-9-26-14-13(28-30(22,23)25-2)11(6-10-29(3,4)21)27-15(14)18-7-5-12(19)17-16(18)20/h5-7,10-11,13-15H,8-9H2,1-4H3,(H,22,23)(H,17,19,20)/b10-6+/t11-,13-,14-,15-/m1/s1. The topological polar surface area (TPSA) is 155 Å². The molecule has 2 heterocycles. The lowest BCUT2D eigenvalue weighted by molar-refractivity contribution is -0.0777. The Kier molecular flexibility index (Phi) is 8.55. The molecule has 1 aliphatic heterocycles. The van der Waals surface area contributed by atoms with E-state index in [4.69, 9.17) is 18.7 Å². The average Bonchev–Trinajstić information content (AvgIpc) is 2.96. The third-order valence-electron chi connectivity index (χ3n) is 4.07. The van der Waals surface area contributed by atoms with Gasteiger partial charge in [0.15, 0.2) is 6.23 Å². The summed E-state index contributed by atoms with van der Waals surface area (Å²) in [5, 5.41) is 0. The summed E-state index contributed by atoms with van der Waals surface area (Å²) >= 11 is 0. The van der Waals surface area contributed by atoms with Crippen LogP contribution < -0.4 is 11.2 Å². The molecule has 2 N–H and O–H groups in total. The van der Waals surface area contributed by atoms with E-state index in [2.05, 4.69) is 9.51 Å². The number of methoxy groups -OCH3 is 1. The van der Waals surface area contributed by atoms with Crippen LogP contribution in [-0.2, 0) is 32.4 Å². The molecule has 14 heteroatoms. The quantitative estimate of drug-likeness (QED) is 0.371. The summed E-state index contributed by atoms with van der Waals surface area (Å²) in [6.45, 7) is 3.29. The smallest absolute Gasteiger partial charge is 0.382 e. The molecule has 0 radical (unpaired) electrons. The Morgan fingerprint density at radius 1 is 1.23 bits per heavy atom. The molecule has 0 amide bonds. The predicted octanol–water partition coefficient (Wildman–Crippen LogP) is 0.734. The number of rotatable bonds is 10. The highest BCUT2D eigenvalue weighted by Gasteiger charge is 2.49. The second kappa shape index (κ2) is 10.3. The van der Waals surface area contributed by atoms with E-state index >= 15 is 0 Å². The van der Waals surface area contributed by atoms with Gasteiger partial charge in [-0.3, -0.25) is 23.4 Å². The molecule has 1 unspecified atom stereocenters. The van der Waals surface area contributed by atoms with Crippen LogP contribution >= 0.6 is 15.0 Å². The fourth-order valence-corrected chi connectivity index (χ4v) is 3.94. The summed E-state index contributed by atoms with van der Waals surface area (Å²) in [4.78, 5) is 35.7. The van der Waals surface area contributed by atoms with Gasteiger partial charge in [-0.05, 0) is 25.2 Å². The molecule has 0 aliphatic carbocycles. The number of phosphoric acid groups is 1. The van der Waals surface area contributed by atoms with Crippen molar-refractivity contribution < 1.29 is 37.3 Å². The van der Waals surface area contributed by atoms with E-state index in [0.29, 0.717) is 0 Å². The van der Waals surface area contributed by atoms with Gasteiger partial charge >= 0.3 is 13.5 Å². The van der Waals surface area contributed by atoms with Crippen LogP contribution in [0.25, 0.3) is 0 Å². The van der Waals surface area contributed by atoms with Crippen molar-refractivity contribution in [2.75, 3.05) is 40.8 Å². The van der Waals surface area contributed by atoms with Gasteiger partial charge in [0.05, 0.1) is 13.2 Å². The number of phosphoric ester groups is 1. The first-order valence-corrected chi connectivity index (χ1v) is 13.0. The first-order chi connectivity index (χ1) is 14.0. The van der Waals surface area contributed by atoms with E-state index in [1.807, 2.05) is 0 Å². The lowest BCUT2D eigenvalue weighted by Crippen LogP contribution is -2.40. The lowest BCUT2D eigenvalue weighted by Gasteiger charge is -2.25. The number of hydrogen-bond acceptors (Lipinski definition) is 9. The van der Waals surface area contributed by atoms with Gasteiger partial charge in [0.2, 0.25) is 0 Å². The fourth-order valence-electron chi connectivity index (χ4n) is 2.73. The van der Waals surface area contributed by atoms with E-state index in [1.54, 1.807) is 0 Å². The van der Waals surface area contributed by atoms with Crippen molar-refractivity contribution in [1.82, 2.24) is 9.55 Å². The van der Waals surface area contributed by atoms with Gasteiger partial charge in [-0.15, -0.1) is 0 Å². The van der Waals surface area contributed by atoms with Crippen molar-refractivity contribution in [2.45, 2.75) is 24.5 Å². The molecule has 0 spiro atoms. The highest BCUT2D eigenvalue weighted by Crippen LogP contribution is 2.49. The largest absolute Gasteiger partial charge is 0.472 e. The van der Waals surface area contributed by atoms with Crippen LogP contribution in [-0.4, -0.2) is 73.5 Å². The molecule has 170 valence electrons. The zero-order valence-electron chi connectivity index (χ0n) is 17.0. The van der Waals surface area contributed by atoms with Gasteiger partial charge in [0.1, 0.15) is 25.5 Å². The zero-order valence-corrected chi connectivity index (χ0v) is 18.8. The summed E-state index contributed by atoms with van der Waals surface area (Å²) in [6.07, 6.45) is -1.78. The Hall–Kier alpha value is -1.36. The number of H-pyrrole nitrogens is 1. The number of hydrogen-bond donors (Lipinski definition) is 2. The number of aromatic amines is 1. The van der Waals surface area contributed by atoms with Gasteiger partial charge in [0.25, 0.3) is 5.56 Å². The molecule has 1 fully saturated rings. The molecule has 2 rings (SSSR count). The monoisotopic (exact) mass is 468 g/mol. The van der Waals surface area contributed by atoms with Crippen molar-refractivity contribution in [3.05, 3.63) is 45.0 Å². The average molecular weight is 468 g/mol. The molecule has 30 heavy (non-hydrogen) atoms. The molecular formula is C16H26N2O10P2. The first-order valence-electron chi connectivity index (χ1n) is 8.86. The second-order valence-electron chi connectivity index (χ2n) is 6.83. The second-order valence-corrected chi connectivity index (χ2v) is 11.5. The SMILES string of the molecule is COCCO[C@@H]1[C@H](OP(=O)(O)OC)[C@@H](/C=C/P(C)(C)=O)O[C@H]1n1ccc(=O)[nH]c1=O.